The molecule has 1 aliphatic heterocycles. The number of benzene rings is 2. The Morgan fingerprint density at radius 3 is 2.82 bits per heavy atom. The van der Waals surface area contributed by atoms with Gasteiger partial charge in [-0.25, -0.2) is 12.8 Å². The van der Waals surface area contributed by atoms with Crippen molar-refractivity contribution in [1.29, 1.82) is 0 Å². The van der Waals surface area contributed by atoms with Crippen LogP contribution in [0.1, 0.15) is 19.8 Å². The summed E-state index contributed by atoms with van der Waals surface area (Å²) in [6, 6.07) is 9.94. The lowest BCUT2D eigenvalue weighted by Crippen LogP contribution is -2.18. The van der Waals surface area contributed by atoms with Crippen LogP contribution in [0.15, 0.2) is 52.3 Å². The van der Waals surface area contributed by atoms with E-state index < -0.39 is 27.3 Å². The van der Waals surface area contributed by atoms with Crippen molar-refractivity contribution in [1.82, 2.24) is 0 Å². The van der Waals surface area contributed by atoms with Gasteiger partial charge in [0.2, 0.25) is 11.8 Å². The fourth-order valence-corrected chi connectivity index (χ4v) is 5.07. The maximum absolute atomic E-state index is 13.2. The van der Waals surface area contributed by atoms with E-state index in [0.717, 1.165) is 11.0 Å². The maximum Gasteiger partial charge on any atom is 0.225 e. The van der Waals surface area contributed by atoms with Crippen molar-refractivity contribution in [2.75, 3.05) is 16.4 Å². The number of carbonyl (C=O) groups is 2. The number of fused-ring (bicyclic) bond motifs is 1. The van der Waals surface area contributed by atoms with Gasteiger partial charge < -0.3 is 10.6 Å². The Hall–Kier alpha value is -2.39. The monoisotopic (exact) mass is 422 g/mol. The normalized spacial score (nSPS) is 16.6. The summed E-state index contributed by atoms with van der Waals surface area (Å²) >= 11 is 1.50. The van der Waals surface area contributed by atoms with Crippen molar-refractivity contribution in [2.45, 2.75) is 34.8 Å². The van der Waals surface area contributed by atoms with Crippen LogP contribution in [0.25, 0.3) is 0 Å². The molecular formula is C19H19FN2O4S2. The summed E-state index contributed by atoms with van der Waals surface area (Å²) in [5, 5.41) is 5.29. The highest BCUT2D eigenvalue weighted by Gasteiger charge is 2.23. The van der Waals surface area contributed by atoms with Gasteiger partial charge in [-0.05, 0) is 36.4 Å². The van der Waals surface area contributed by atoms with Crippen molar-refractivity contribution < 1.29 is 22.4 Å². The number of amides is 2. The quantitative estimate of drug-likeness (QED) is 0.770. The Balaban J connectivity index is 1.69. The van der Waals surface area contributed by atoms with Gasteiger partial charge in [0.05, 0.1) is 16.3 Å². The number of nitrogens with one attached hydrogen (secondary N) is 2. The zero-order valence-corrected chi connectivity index (χ0v) is 16.7. The Kier molecular flexibility index (Phi) is 6.04. The lowest BCUT2D eigenvalue weighted by molar-refractivity contribution is -0.116. The first kappa shape index (κ1) is 20.3. The number of halogens is 1. The maximum atomic E-state index is 13.2. The summed E-state index contributed by atoms with van der Waals surface area (Å²) in [6.07, 6.45) is 0.0791. The first-order valence-electron chi connectivity index (χ1n) is 8.62. The second-order valence-corrected chi connectivity index (χ2v) is 10.1. The Morgan fingerprint density at radius 2 is 2.07 bits per heavy atom. The molecule has 6 nitrogen and oxygen atoms in total. The predicted molar refractivity (Wildman–Crippen MR) is 107 cm³/mol. The van der Waals surface area contributed by atoms with E-state index in [1.807, 2.05) is 6.92 Å². The predicted octanol–water partition coefficient (Wildman–Crippen LogP) is 3.45. The average Bonchev–Trinajstić information content (AvgIpc) is 2.75. The highest BCUT2D eigenvalue weighted by atomic mass is 32.2. The molecule has 0 aromatic heterocycles. The highest BCUT2D eigenvalue weighted by Crippen LogP contribution is 2.36. The van der Waals surface area contributed by atoms with E-state index in [2.05, 4.69) is 10.6 Å². The molecule has 0 radical (unpaired) electrons. The molecule has 1 heterocycles. The molecule has 0 aliphatic carbocycles. The minimum Gasteiger partial charge on any atom is -0.326 e. The first-order chi connectivity index (χ1) is 13.2. The van der Waals surface area contributed by atoms with E-state index in [1.54, 1.807) is 6.07 Å². The smallest absolute Gasteiger partial charge is 0.225 e. The Morgan fingerprint density at radius 1 is 1.29 bits per heavy atom. The van der Waals surface area contributed by atoms with Gasteiger partial charge in [0, 0.05) is 28.7 Å². The molecule has 0 bridgehead atoms. The van der Waals surface area contributed by atoms with Gasteiger partial charge in [0.25, 0.3) is 0 Å². The fourth-order valence-electron chi connectivity index (χ4n) is 2.76. The molecule has 0 saturated heterocycles. The van der Waals surface area contributed by atoms with Crippen LogP contribution in [0.5, 0.6) is 0 Å². The van der Waals surface area contributed by atoms with Crippen molar-refractivity contribution in [3.8, 4) is 0 Å². The van der Waals surface area contributed by atoms with Gasteiger partial charge in [-0.15, -0.1) is 11.8 Å². The molecule has 2 N–H and O–H groups in total. The second-order valence-electron chi connectivity index (χ2n) is 6.47. The van der Waals surface area contributed by atoms with E-state index in [9.17, 15) is 22.4 Å². The molecule has 3 rings (SSSR count). The molecule has 148 valence electrons. The largest absolute Gasteiger partial charge is 0.326 e. The standard InChI is InChI=1S/C19H19FN2O4S2/c1-12-9-19(24)22-16-11-15(5-6-17(16)27-12)28(25,26)8-7-18(23)21-14-4-2-3-13(20)10-14/h2-6,10-12H,7-9H2,1H3,(H,21,23)(H,22,24). The molecular weight excluding hydrogens is 403 g/mol. The Labute approximate surface area is 166 Å². The van der Waals surface area contributed by atoms with Crippen LogP contribution < -0.4 is 10.6 Å². The van der Waals surface area contributed by atoms with Gasteiger partial charge in [0.15, 0.2) is 9.84 Å². The molecule has 2 amide bonds. The second kappa shape index (κ2) is 8.32. The zero-order chi connectivity index (χ0) is 20.3. The minimum atomic E-state index is -3.73. The first-order valence-corrected chi connectivity index (χ1v) is 11.1. The van der Waals surface area contributed by atoms with Crippen LogP contribution in [0.4, 0.5) is 15.8 Å². The van der Waals surface area contributed by atoms with Gasteiger partial charge in [-0.1, -0.05) is 13.0 Å². The number of anilines is 2. The number of carbonyl (C=O) groups excluding carboxylic acids is 2. The molecule has 2 aromatic rings. The number of hydrogen-bond acceptors (Lipinski definition) is 5. The molecule has 0 saturated carbocycles. The third-order valence-electron chi connectivity index (χ3n) is 4.09. The summed E-state index contributed by atoms with van der Waals surface area (Å²) in [6.45, 7) is 1.93. The van der Waals surface area contributed by atoms with Crippen LogP contribution >= 0.6 is 11.8 Å². The number of thioether (sulfide) groups is 1. The van der Waals surface area contributed by atoms with Crippen molar-refractivity contribution in [3.63, 3.8) is 0 Å². The average molecular weight is 423 g/mol. The molecule has 1 atom stereocenters. The van der Waals surface area contributed by atoms with Crippen molar-refractivity contribution >= 4 is 44.8 Å². The summed E-state index contributed by atoms with van der Waals surface area (Å²) in [5.41, 5.74) is 0.728. The molecule has 2 aromatic carbocycles. The van der Waals surface area contributed by atoms with Crippen LogP contribution in [0.3, 0.4) is 0 Å². The fraction of sp³-hybridized carbons (Fsp3) is 0.263. The zero-order valence-electron chi connectivity index (χ0n) is 15.1. The molecule has 1 unspecified atom stereocenters. The van der Waals surface area contributed by atoms with E-state index >= 15 is 0 Å². The molecule has 28 heavy (non-hydrogen) atoms. The molecule has 0 fully saturated rings. The van der Waals surface area contributed by atoms with E-state index in [0.29, 0.717) is 12.1 Å². The van der Waals surface area contributed by atoms with Crippen LogP contribution in [-0.2, 0) is 19.4 Å². The summed E-state index contributed by atoms with van der Waals surface area (Å²) in [4.78, 5) is 24.7. The van der Waals surface area contributed by atoms with E-state index in [4.69, 9.17) is 0 Å². The van der Waals surface area contributed by atoms with Gasteiger partial charge in [-0.3, -0.25) is 9.59 Å². The number of hydrogen-bond donors (Lipinski definition) is 2. The molecule has 9 heteroatoms. The Bertz CT molecular complexity index is 1020. The summed E-state index contributed by atoms with van der Waals surface area (Å²) in [5.74, 6) is -1.58. The summed E-state index contributed by atoms with van der Waals surface area (Å²) in [7, 11) is -3.73. The highest BCUT2D eigenvalue weighted by molar-refractivity contribution is 8.00. The lowest BCUT2D eigenvalue weighted by atomic mass is 10.3. The van der Waals surface area contributed by atoms with Crippen molar-refractivity contribution in [3.05, 3.63) is 48.3 Å². The van der Waals surface area contributed by atoms with Gasteiger partial charge in [0.1, 0.15) is 5.82 Å². The van der Waals surface area contributed by atoms with Crippen molar-refractivity contribution in [2.24, 2.45) is 0 Å². The van der Waals surface area contributed by atoms with E-state index in [-0.39, 0.29) is 28.2 Å². The lowest BCUT2D eigenvalue weighted by Gasteiger charge is -2.11. The number of sulfone groups is 1. The SMILES string of the molecule is CC1CC(=O)Nc2cc(S(=O)(=O)CCC(=O)Nc3cccc(F)c3)ccc2S1. The van der Waals surface area contributed by atoms with Gasteiger partial charge in [-0.2, -0.15) is 0 Å². The summed E-state index contributed by atoms with van der Waals surface area (Å²) < 4.78 is 38.4. The third-order valence-corrected chi connectivity index (χ3v) is 6.98. The van der Waals surface area contributed by atoms with Crippen LogP contribution in [0, 0.1) is 5.82 Å². The third kappa shape index (κ3) is 5.11. The van der Waals surface area contributed by atoms with Crippen LogP contribution in [-0.4, -0.2) is 31.2 Å². The minimum absolute atomic E-state index is 0.0419. The van der Waals surface area contributed by atoms with Gasteiger partial charge >= 0.3 is 0 Å². The van der Waals surface area contributed by atoms with Crippen LogP contribution in [0.2, 0.25) is 0 Å². The topological polar surface area (TPSA) is 92.3 Å². The number of rotatable bonds is 5. The molecule has 1 aliphatic rings. The molecule has 0 spiro atoms. The van der Waals surface area contributed by atoms with E-state index in [1.165, 1.54) is 42.1 Å².